The monoisotopic (exact) mass is 389 g/mol. The molecule has 0 radical (unpaired) electrons. The van der Waals surface area contributed by atoms with Crippen LogP contribution in [0.15, 0.2) is 29.8 Å². The topological polar surface area (TPSA) is 62.3 Å². The highest BCUT2D eigenvalue weighted by Gasteiger charge is 2.30. The number of likely N-dealkylation sites (tertiary alicyclic amines) is 1. The van der Waals surface area contributed by atoms with Crippen LogP contribution in [0.1, 0.15) is 33.1 Å². The summed E-state index contributed by atoms with van der Waals surface area (Å²) in [5, 5.41) is 3.61. The number of thiazole rings is 1. The van der Waals surface area contributed by atoms with E-state index in [1.54, 1.807) is 17.6 Å². The first kappa shape index (κ1) is 19.5. The van der Waals surface area contributed by atoms with E-state index in [4.69, 9.17) is 0 Å². The third-order valence-electron chi connectivity index (χ3n) is 5.06. The molecule has 3 rings (SSSR count). The molecule has 0 aliphatic carbocycles. The number of benzene rings is 1. The zero-order chi connectivity index (χ0) is 19.4. The van der Waals surface area contributed by atoms with Gasteiger partial charge < -0.3 is 10.2 Å². The molecule has 2 heterocycles. The summed E-state index contributed by atoms with van der Waals surface area (Å²) in [5.41, 5.74) is 3.05. The van der Waals surface area contributed by atoms with Crippen molar-refractivity contribution in [3.05, 3.63) is 35.6 Å². The number of nitrogens with zero attached hydrogens (tertiary/aromatic N) is 2. The average Bonchev–Trinajstić information content (AvgIpc) is 3.15. The van der Waals surface area contributed by atoms with Crippen LogP contribution in [0.2, 0.25) is 0 Å². The normalized spacial score (nSPS) is 18.2. The van der Waals surface area contributed by atoms with Crippen molar-refractivity contribution in [3.8, 4) is 11.3 Å². The molecule has 2 aromatic rings. The first-order valence-electron chi connectivity index (χ1n) is 9.28. The highest BCUT2D eigenvalue weighted by atomic mass is 32.1. The first-order valence-corrected chi connectivity index (χ1v) is 10.2. The van der Waals surface area contributed by atoms with Crippen LogP contribution in [0.4, 0.5) is 9.39 Å². The SMILES string of the molecule is CC[C@H](C)C(=O)N1CCC[C@H](C(=O)Nc2scnc2-c2ccc(F)cc2)C1. The minimum absolute atomic E-state index is 0.0154. The van der Waals surface area contributed by atoms with Gasteiger partial charge in [0.1, 0.15) is 16.5 Å². The Hall–Kier alpha value is -2.28. The van der Waals surface area contributed by atoms with Crippen molar-refractivity contribution in [1.82, 2.24) is 9.88 Å². The fraction of sp³-hybridized carbons (Fsp3) is 0.450. The van der Waals surface area contributed by atoms with E-state index in [1.807, 2.05) is 18.7 Å². The van der Waals surface area contributed by atoms with Gasteiger partial charge in [-0.05, 0) is 43.5 Å². The van der Waals surface area contributed by atoms with Crippen molar-refractivity contribution in [2.75, 3.05) is 18.4 Å². The van der Waals surface area contributed by atoms with Crippen molar-refractivity contribution in [2.24, 2.45) is 11.8 Å². The molecule has 5 nitrogen and oxygen atoms in total. The lowest BCUT2D eigenvalue weighted by Crippen LogP contribution is -2.45. The Balaban J connectivity index is 1.68. The number of hydrogen-bond donors (Lipinski definition) is 1. The second-order valence-electron chi connectivity index (χ2n) is 6.96. The molecule has 0 spiro atoms. The van der Waals surface area contributed by atoms with Gasteiger partial charge in [-0.2, -0.15) is 0 Å². The number of halogens is 1. The molecular weight excluding hydrogens is 365 g/mol. The van der Waals surface area contributed by atoms with Gasteiger partial charge in [0.2, 0.25) is 11.8 Å². The van der Waals surface area contributed by atoms with Gasteiger partial charge in [-0.1, -0.05) is 13.8 Å². The van der Waals surface area contributed by atoms with Crippen LogP contribution in [0, 0.1) is 17.7 Å². The van der Waals surface area contributed by atoms with Crippen molar-refractivity contribution >= 4 is 28.2 Å². The Bertz CT molecular complexity index is 806. The molecule has 1 aliphatic rings. The predicted octanol–water partition coefficient (Wildman–Crippen LogP) is 4.17. The van der Waals surface area contributed by atoms with Gasteiger partial charge in [0.25, 0.3) is 0 Å². The van der Waals surface area contributed by atoms with Gasteiger partial charge in [-0.15, -0.1) is 11.3 Å². The van der Waals surface area contributed by atoms with Crippen LogP contribution >= 0.6 is 11.3 Å². The molecule has 1 fully saturated rings. The Labute approximate surface area is 162 Å². The second-order valence-corrected chi connectivity index (χ2v) is 7.81. The summed E-state index contributed by atoms with van der Waals surface area (Å²) in [7, 11) is 0. The molecular formula is C20H24FN3O2S. The molecule has 144 valence electrons. The van der Waals surface area contributed by atoms with E-state index in [2.05, 4.69) is 10.3 Å². The van der Waals surface area contributed by atoms with E-state index in [1.165, 1.54) is 23.5 Å². The highest BCUT2D eigenvalue weighted by Crippen LogP contribution is 2.31. The standard InChI is InChI=1S/C20H24FN3O2S/c1-3-13(2)20(26)24-10-4-5-15(11-24)18(25)23-19-17(22-12-27-19)14-6-8-16(21)9-7-14/h6-9,12-13,15H,3-5,10-11H2,1-2H3,(H,23,25)/t13-,15-/m0/s1. The maximum Gasteiger partial charge on any atom is 0.229 e. The number of aromatic nitrogens is 1. The van der Waals surface area contributed by atoms with E-state index >= 15 is 0 Å². The summed E-state index contributed by atoms with van der Waals surface area (Å²) in [6.07, 6.45) is 2.39. The number of carbonyl (C=O) groups is 2. The lowest BCUT2D eigenvalue weighted by molar-refractivity contribution is -0.138. The number of hydrogen-bond acceptors (Lipinski definition) is 4. The zero-order valence-electron chi connectivity index (χ0n) is 15.6. The Morgan fingerprint density at radius 3 is 2.81 bits per heavy atom. The third kappa shape index (κ3) is 4.53. The summed E-state index contributed by atoms with van der Waals surface area (Å²) in [6.45, 7) is 5.10. The van der Waals surface area contributed by atoms with Gasteiger partial charge in [-0.25, -0.2) is 9.37 Å². The number of carbonyl (C=O) groups excluding carboxylic acids is 2. The van der Waals surface area contributed by atoms with Gasteiger partial charge in [0.05, 0.1) is 11.4 Å². The summed E-state index contributed by atoms with van der Waals surface area (Å²) < 4.78 is 13.1. The van der Waals surface area contributed by atoms with E-state index in [0.717, 1.165) is 24.8 Å². The Morgan fingerprint density at radius 1 is 1.37 bits per heavy atom. The van der Waals surface area contributed by atoms with Gasteiger partial charge in [-0.3, -0.25) is 9.59 Å². The molecule has 0 unspecified atom stereocenters. The number of nitrogens with one attached hydrogen (secondary N) is 1. The number of rotatable bonds is 5. The van der Waals surface area contributed by atoms with Crippen molar-refractivity contribution < 1.29 is 14.0 Å². The third-order valence-corrected chi connectivity index (χ3v) is 5.80. The van der Waals surface area contributed by atoms with Gasteiger partial charge >= 0.3 is 0 Å². The Kier molecular flexibility index (Phi) is 6.21. The van der Waals surface area contributed by atoms with Crippen LogP contribution in [0.25, 0.3) is 11.3 Å². The number of amides is 2. The summed E-state index contributed by atoms with van der Waals surface area (Å²) in [4.78, 5) is 31.3. The van der Waals surface area contributed by atoms with Crippen LogP contribution in [0.3, 0.4) is 0 Å². The summed E-state index contributed by atoms with van der Waals surface area (Å²) in [5.74, 6) is -0.523. The minimum atomic E-state index is -0.312. The van der Waals surface area contributed by atoms with E-state index in [0.29, 0.717) is 23.8 Å². The van der Waals surface area contributed by atoms with Crippen molar-refractivity contribution in [1.29, 1.82) is 0 Å². The molecule has 1 N–H and O–H groups in total. The van der Waals surface area contributed by atoms with Crippen LogP contribution in [0.5, 0.6) is 0 Å². The zero-order valence-corrected chi connectivity index (χ0v) is 16.4. The molecule has 0 bridgehead atoms. The van der Waals surface area contributed by atoms with Crippen LogP contribution < -0.4 is 5.32 Å². The van der Waals surface area contributed by atoms with Gasteiger partial charge in [0, 0.05) is 24.6 Å². The lowest BCUT2D eigenvalue weighted by Gasteiger charge is -2.33. The maximum absolute atomic E-state index is 13.1. The molecule has 1 saturated heterocycles. The van der Waals surface area contributed by atoms with Gasteiger partial charge in [0.15, 0.2) is 0 Å². The maximum atomic E-state index is 13.1. The Morgan fingerprint density at radius 2 is 2.11 bits per heavy atom. The molecule has 27 heavy (non-hydrogen) atoms. The first-order chi connectivity index (χ1) is 13.0. The number of anilines is 1. The van der Waals surface area contributed by atoms with Crippen molar-refractivity contribution in [2.45, 2.75) is 33.1 Å². The second kappa shape index (κ2) is 8.61. The predicted molar refractivity (Wildman–Crippen MR) is 105 cm³/mol. The molecule has 2 atom stereocenters. The van der Waals surface area contributed by atoms with Crippen LogP contribution in [-0.2, 0) is 9.59 Å². The highest BCUT2D eigenvalue weighted by molar-refractivity contribution is 7.14. The van der Waals surface area contributed by atoms with E-state index in [9.17, 15) is 14.0 Å². The molecule has 1 aliphatic heterocycles. The fourth-order valence-electron chi connectivity index (χ4n) is 3.24. The van der Waals surface area contributed by atoms with E-state index < -0.39 is 0 Å². The molecule has 0 saturated carbocycles. The summed E-state index contributed by atoms with van der Waals surface area (Å²) >= 11 is 1.34. The molecule has 2 amide bonds. The largest absolute Gasteiger partial charge is 0.342 e. The summed E-state index contributed by atoms with van der Waals surface area (Å²) in [6, 6.07) is 6.04. The van der Waals surface area contributed by atoms with Crippen molar-refractivity contribution in [3.63, 3.8) is 0 Å². The smallest absolute Gasteiger partial charge is 0.229 e. The lowest BCUT2D eigenvalue weighted by atomic mass is 9.95. The molecule has 7 heteroatoms. The fourth-order valence-corrected chi connectivity index (χ4v) is 3.95. The molecule has 1 aromatic carbocycles. The van der Waals surface area contributed by atoms with E-state index in [-0.39, 0.29) is 29.5 Å². The minimum Gasteiger partial charge on any atom is -0.342 e. The van der Waals surface area contributed by atoms with Crippen LogP contribution in [-0.4, -0.2) is 34.8 Å². The number of piperidine rings is 1. The molecule has 1 aromatic heterocycles. The quantitative estimate of drug-likeness (QED) is 0.835. The average molecular weight is 389 g/mol.